The molecule has 0 radical (unpaired) electrons. The van der Waals surface area contributed by atoms with E-state index in [-0.39, 0.29) is 18.2 Å². The van der Waals surface area contributed by atoms with Gasteiger partial charge in [-0.2, -0.15) is 5.26 Å². The van der Waals surface area contributed by atoms with Crippen molar-refractivity contribution < 1.29 is 19.0 Å². The maximum absolute atomic E-state index is 12.3. The number of aromatic nitrogens is 2. The van der Waals surface area contributed by atoms with E-state index in [1.54, 1.807) is 13.3 Å². The molecule has 40 heavy (non-hydrogen) atoms. The number of methoxy groups -OCH3 is 1. The molecule has 0 unspecified atom stereocenters. The number of nitriles is 1. The number of halogens is 1. The van der Waals surface area contributed by atoms with Gasteiger partial charge in [-0.25, -0.2) is 14.8 Å². The van der Waals surface area contributed by atoms with Gasteiger partial charge in [0.2, 0.25) is 0 Å². The van der Waals surface area contributed by atoms with Gasteiger partial charge in [0.15, 0.2) is 0 Å². The molecule has 216 valence electrons. The summed E-state index contributed by atoms with van der Waals surface area (Å²) in [4.78, 5) is 21.5. The summed E-state index contributed by atoms with van der Waals surface area (Å²) in [5, 5.41) is 20.0. The Bertz CT molecular complexity index is 1210. The van der Waals surface area contributed by atoms with Gasteiger partial charge in [0.05, 0.1) is 34.3 Å². The number of pyridine rings is 2. The molecule has 3 heterocycles. The summed E-state index contributed by atoms with van der Waals surface area (Å²) in [6, 6.07) is 10.0. The smallest absolute Gasteiger partial charge is 0.407 e. The molecule has 3 atom stereocenters. The predicted octanol–water partition coefficient (Wildman–Crippen LogP) is 5.40. The molecule has 1 aliphatic carbocycles. The van der Waals surface area contributed by atoms with E-state index in [0.29, 0.717) is 61.4 Å². The lowest BCUT2D eigenvalue weighted by atomic mass is 9.82. The molecule has 0 bridgehead atoms. The number of carbonyl (C=O) groups excluding carboxylic acids is 1. The van der Waals surface area contributed by atoms with E-state index in [0.717, 1.165) is 18.4 Å². The molecule has 0 aromatic carbocycles. The second-order valence-electron chi connectivity index (χ2n) is 11.5. The highest BCUT2D eigenvalue weighted by Gasteiger charge is 2.34. The van der Waals surface area contributed by atoms with Crippen LogP contribution < -0.4 is 16.0 Å². The summed E-state index contributed by atoms with van der Waals surface area (Å²) in [5.41, 5.74) is 0.450. The van der Waals surface area contributed by atoms with Crippen LogP contribution in [0.15, 0.2) is 30.5 Å². The summed E-state index contributed by atoms with van der Waals surface area (Å²) in [6.45, 7) is 7.22. The maximum Gasteiger partial charge on any atom is 0.407 e. The molecule has 3 N–H and O–H groups in total. The first kappa shape index (κ1) is 29.8. The summed E-state index contributed by atoms with van der Waals surface area (Å²) < 4.78 is 16.6. The Morgan fingerprint density at radius 3 is 2.73 bits per heavy atom. The van der Waals surface area contributed by atoms with Gasteiger partial charge < -0.3 is 30.2 Å². The molecule has 0 spiro atoms. The second-order valence-corrected chi connectivity index (χ2v) is 11.9. The Kier molecular flexibility index (Phi) is 9.72. The Balaban J connectivity index is 1.40. The lowest BCUT2D eigenvalue weighted by Gasteiger charge is -2.36. The van der Waals surface area contributed by atoms with Crippen LogP contribution in [0.1, 0.15) is 52.9 Å². The lowest BCUT2D eigenvalue weighted by molar-refractivity contribution is 0.0191. The summed E-state index contributed by atoms with van der Waals surface area (Å²) in [7, 11) is 1.66. The molecule has 1 amide bonds. The van der Waals surface area contributed by atoms with Gasteiger partial charge in [-0.05, 0) is 71.1 Å². The minimum Gasteiger partial charge on any atom is -0.444 e. The predicted molar refractivity (Wildman–Crippen MR) is 154 cm³/mol. The van der Waals surface area contributed by atoms with E-state index in [9.17, 15) is 10.1 Å². The first-order valence-corrected chi connectivity index (χ1v) is 14.1. The fourth-order valence-electron chi connectivity index (χ4n) is 5.10. The van der Waals surface area contributed by atoms with Crippen molar-refractivity contribution in [2.24, 2.45) is 5.41 Å². The number of hydrogen-bond donors (Lipinski definition) is 3. The van der Waals surface area contributed by atoms with Crippen LogP contribution in [-0.4, -0.2) is 66.7 Å². The number of ether oxygens (including phenoxy) is 3. The van der Waals surface area contributed by atoms with E-state index in [4.69, 9.17) is 30.8 Å². The number of alkyl carbamates (subject to hydrolysis) is 1. The van der Waals surface area contributed by atoms with Gasteiger partial charge in [0, 0.05) is 44.7 Å². The second kappa shape index (κ2) is 13.0. The Morgan fingerprint density at radius 1 is 1.25 bits per heavy atom. The number of rotatable bonds is 8. The molecule has 2 aromatic heterocycles. The number of nitrogens with zero attached hydrogens (tertiary/aromatic N) is 3. The SMILES string of the molecule is CO[C@H]1C[C@@H](Nc2cc(-c3cccc(NCC4(C#N)CCOCC4)n3)c(Cl)cn2)CC[C@@H]1NC(=O)OC(C)(C)C. The highest BCUT2D eigenvalue weighted by Crippen LogP contribution is 2.32. The molecular formula is C29H39ClN6O4. The molecule has 11 heteroatoms. The number of carbonyl (C=O) groups is 1. The molecule has 2 aromatic rings. The van der Waals surface area contributed by atoms with E-state index in [2.05, 4.69) is 27.0 Å². The van der Waals surface area contributed by atoms with Crippen LogP contribution in [0.5, 0.6) is 0 Å². The largest absolute Gasteiger partial charge is 0.444 e. The maximum atomic E-state index is 12.3. The molecule has 1 aliphatic heterocycles. The average Bonchev–Trinajstić information content (AvgIpc) is 2.93. The molecule has 1 saturated carbocycles. The van der Waals surface area contributed by atoms with Crippen molar-refractivity contribution in [1.82, 2.24) is 15.3 Å². The van der Waals surface area contributed by atoms with Gasteiger partial charge in [-0.3, -0.25) is 0 Å². The molecule has 10 nitrogen and oxygen atoms in total. The summed E-state index contributed by atoms with van der Waals surface area (Å²) in [5.74, 6) is 1.36. The number of amides is 1. The topological polar surface area (TPSA) is 130 Å². The van der Waals surface area contributed by atoms with E-state index >= 15 is 0 Å². The molecule has 1 saturated heterocycles. The van der Waals surface area contributed by atoms with Crippen LogP contribution in [-0.2, 0) is 14.2 Å². The highest BCUT2D eigenvalue weighted by molar-refractivity contribution is 6.33. The van der Waals surface area contributed by atoms with Crippen molar-refractivity contribution in [3.05, 3.63) is 35.5 Å². The van der Waals surface area contributed by atoms with Gasteiger partial charge >= 0.3 is 6.09 Å². The van der Waals surface area contributed by atoms with E-state index in [1.165, 1.54) is 0 Å². The standard InChI is InChI=1S/C29H39ClN6O4/c1-28(2,3)40-27(37)36-23-9-8-19(14-24(23)38-4)34-26-15-20(21(30)16-32-26)22-6-5-7-25(35-22)33-18-29(17-31)10-12-39-13-11-29/h5-7,15-16,19,23-24H,8-14,18H2,1-4H3,(H,32,34)(H,33,35)(H,36,37)/t19-,23-,24-/m0/s1. The summed E-state index contributed by atoms with van der Waals surface area (Å²) >= 11 is 6.55. The zero-order valence-corrected chi connectivity index (χ0v) is 24.4. The van der Waals surface area contributed by atoms with Crippen molar-refractivity contribution in [3.63, 3.8) is 0 Å². The van der Waals surface area contributed by atoms with Crippen LogP contribution in [0.25, 0.3) is 11.3 Å². The third kappa shape index (κ3) is 7.96. The number of nitrogens with one attached hydrogen (secondary N) is 3. The van der Waals surface area contributed by atoms with Crippen molar-refractivity contribution in [2.75, 3.05) is 37.5 Å². The number of hydrogen-bond acceptors (Lipinski definition) is 9. The average molecular weight is 571 g/mol. The highest BCUT2D eigenvalue weighted by atomic mass is 35.5. The molecular weight excluding hydrogens is 532 g/mol. The normalized spacial score (nSPS) is 22.6. The van der Waals surface area contributed by atoms with Crippen LogP contribution in [0, 0.1) is 16.7 Å². The first-order valence-electron chi connectivity index (χ1n) is 13.7. The van der Waals surface area contributed by atoms with Gasteiger partial charge in [0.25, 0.3) is 0 Å². The van der Waals surface area contributed by atoms with Gasteiger partial charge in [0.1, 0.15) is 17.2 Å². The Hall–Kier alpha value is -3.13. The van der Waals surface area contributed by atoms with Crippen LogP contribution in [0.3, 0.4) is 0 Å². The fourth-order valence-corrected chi connectivity index (χ4v) is 5.30. The number of anilines is 2. The van der Waals surface area contributed by atoms with Gasteiger partial charge in [-0.15, -0.1) is 0 Å². The van der Waals surface area contributed by atoms with E-state index in [1.807, 2.05) is 45.0 Å². The van der Waals surface area contributed by atoms with Crippen molar-refractivity contribution >= 4 is 29.3 Å². The monoisotopic (exact) mass is 570 g/mol. The Labute approximate surface area is 241 Å². The third-order valence-corrected chi connectivity index (χ3v) is 7.63. The molecule has 4 rings (SSSR count). The van der Waals surface area contributed by atoms with Crippen molar-refractivity contribution in [1.29, 1.82) is 5.26 Å². The minimum absolute atomic E-state index is 0.103. The van der Waals surface area contributed by atoms with Crippen molar-refractivity contribution in [3.8, 4) is 17.3 Å². The minimum atomic E-state index is -0.558. The molecule has 2 aliphatic rings. The van der Waals surface area contributed by atoms with Crippen molar-refractivity contribution in [2.45, 2.75) is 76.7 Å². The quantitative estimate of drug-likeness (QED) is 0.381. The lowest BCUT2D eigenvalue weighted by Crippen LogP contribution is -2.51. The summed E-state index contributed by atoms with van der Waals surface area (Å²) in [6.07, 6.45) is 4.67. The van der Waals surface area contributed by atoms with Gasteiger partial charge in [-0.1, -0.05) is 17.7 Å². The zero-order chi connectivity index (χ0) is 28.8. The van der Waals surface area contributed by atoms with Crippen LogP contribution in [0.2, 0.25) is 5.02 Å². The van der Waals surface area contributed by atoms with Crippen LogP contribution in [0.4, 0.5) is 16.4 Å². The zero-order valence-electron chi connectivity index (χ0n) is 23.6. The third-order valence-electron chi connectivity index (χ3n) is 7.32. The first-order chi connectivity index (χ1) is 19.1. The fraction of sp³-hybridized carbons (Fsp3) is 0.586. The van der Waals surface area contributed by atoms with E-state index < -0.39 is 17.1 Å². The molecule has 2 fully saturated rings. The Morgan fingerprint density at radius 2 is 2.02 bits per heavy atom. The van der Waals surface area contributed by atoms with Crippen LogP contribution >= 0.6 is 11.6 Å².